The fraction of sp³-hybridized carbons (Fsp3) is 0.211. The Morgan fingerprint density at radius 2 is 2.00 bits per heavy atom. The van der Waals surface area contributed by atoms with E-state index in [2.05, 4.69) is 29.4 Å². The molecule has 1 aromatic heterocycles. The second-order valence-electron chi connectivity index (χ2n) is 6.14. The minimum Gasteiger partial charge on any atom is -0.374 e. The third-order valence-corrected chi connectivity index (χ3v) is 4.61. The van der Waals surface area contributed by atoms with Crippen molar-refractivity contribution < 1.29 is 4.79 Å². The molecule has 1 N–H and O–H groups in total. The lowest BCUT2D eigenvalue weighted by Crippen LogP contribution is -2.14. The number of aryl methyl sites for hydroxylation is 1. The molecule has 0 atom stereocenters. The van der Waals surface area contributed by atoms with Gasteiger partial charge in [-0.15, -0.1) is 0 Å². The molecule has 2 heterocycles. The van der Waals surface area contributed by atoms with Gasteiger partial charge in [0.15, 0.2) is 0 Å². The van der Waals surface area contributed by atoms with Crippen molar-refractivity contribution in [2.24, 2.45) is 7.05 Å². The number of nitrogens with one attached hydrogen (secondary N) is 1. The third-order valence-electron chi connectivity index (χ3n) is 4.61. The number of hydrogen-bond acceptors (Lipinski definition) is 2. The number of carbonyl (C=O) groups is 1. The Bertz CT molecular complexity index is 910. The predicted octanol–water partition coefficient (Wildman–Crippen LogP) is 3.42. The number of anilines is 2. The highest BCUT2D eigenvalue weighted by atomic mass is 16.1. The fourth-order valence-electron chi connectivity index (χ4n) is 3.38. The van der Waals surface area contributed by atoms with Gasteiger partial charge in [0.25, 0.3) is 5.91 Å². The summed E-state index contributed by atoms with van der Waals surface area (Å²) in [6.07, 6.45) is 3.01. The van der Waals surface area contributed by atoms with E-state index >= 15 is 0 Å². The van der Waals surface area contributed by atoms with Crippen LogP contribution in [-0.4, -0.2) is 24.1 Å². The van der Waals surface area contributed by atoms with Crippen LogP contribution in [0.1, 0.15) is 15.9 Å². The Balaban J connectivity index is 1.66. The molecule has 0 bridgehead atoms. The Morgan fingerprint density at radius 1 is 1.13 bits per heavy atom. The molecule has 1 aliphatic heterocycles. The standard InChI is InChI=1S/C19H19N3O/c1-21-10-9-14-12-15(6-7-17(14)21)20-19(23)16-5-3-4-13-8-11-22(2)18(13)16/h3-8,11-12H,9-10H2,1-2H3,(H,20,23). The maximum atomic E-state index is 12.7. The van der Waals surface area contributed by atoms with Gasteiger partial charge in [-0.1, -0.05) is 12.1 Å². The zero-order valence-electron chi connectivity index (χ0n) is 13.3. The van der Waals surface area contributed by atoms with E-state index in [0.717, 1.165) is 29.6 Å². The molecule has 4 heteroatoms. The summed E-state index contributed by atoms with van der Waals surface area (Å²) < 4.78 is 1.99. The Hall–Kier alpha value is -2.75. The second kappa shape index (κ2) is 5.16. The van der Waals surface area contributed by atoms with Gasteiger partial charge in [-0.2, -0.15) is 0 Å². The van der Waals surface area contributed by atoms with Crippen molar-refractivity contribution in [2.45, 2.75) is 6.42 Å². The van der Waals surface area contributed by atoms with Crippen LogP contribution in [0.4, 0.5) is 11.4 Å². The van der Waals surface area contributed by atoms with Gasteiger partial charge in [0.05, 0.1) is 11.1 Å². The molecular formula is C19H19N3O. The van der Waals surface area contributed by atoms with Crippen LogP contribution < -0.4 is 10.2 Å². The van der Waals surface area contributed by atoms with Crippen LogP contribution in [0.15, 0.2) is 48.7 Å². The number of benzene rings is 2. The first-order chi connectivity index (χ1) is 11.1. The minimum atomic E-state index is -0.0660. The van der Waals surface area contributed by atoms with Crippen molar-refractivity contribution in [1.82, 2.24) is 4.57 Å². The highest BCUT2D eigenvalue weighted by molar-refractivity contribution is 6.12. The molecule has 1 amide bonds. The zero-order valence-corrected chi connectivity index (χ0v) is 13.3. The SMILES string of the molecule is CN1CCc2cc(NC(=O)c3cccc4ccn(C)c34)ccc21. The normalized spacial score (nSPS) is 13.4. The molecule has 2 aromatic carbocycles. The summed E-state index contributed by atoms with van der Waals surface area (Å²) in [4.78, 5) is 14.9. The van der Waals surface area contributed by atoms with Gasteiger partial charge in [0, 0.05) is 43.6 Å². The van der Waals surface area contributed by atoms with E-state index in [0.29, 0.717) is 5.56 Å². The van der Waals surface area contributed by atoms with Gasteiger partial charge < -0.3 is 14.8 Å². The van der Waals surface area contributed by atoms with Crippen LogP contribution >= 0.6 is 0 Å². The third kappa shape index (κ3) is 2.27. The molecular weight excluding hydrogens is 286 g/mol. The summed E-state index contributed by atoms with van der Waals surface area (Å²) in [6, 6.07) is 14.0. The first kappa shape index (κ1) is 13.9. The summed E-state index contributed by atoms with van der Waals surface area (Å²) >= 11 is 0. The molecule has 4 nitrogen and oxygen atoms in total. The molecule has 0 fully saturated rings. The smallest absolute Gasteiger partial charge is 0.257 e. The molecule has 0 saturated heterocycles. The predicted molar refractivity (Wildman–Crippen MR) is 94.3 cm³/mol. The highest BCUT2D eigenvalue weighted by Crippen LogP contribution is 2.29. The summed E-state index contributed by atoms with van der Waals surface area (Å²) in [5.74, 6) is -0.0660. The van der Waals surface area contributed by atoms with Gasteiger partial charge in [-0.05, 0) is 42.3 Å². The summed E-state index contributed by atoms with van der Waals surface area (Å²) in [6.45, 7) is 1.04. The lowest BCUT2D eigenvalue weighted by Gasteiger charge is -2.13. The van der Waals surface area contributed by atoms with Crippen LogP contribution in [0, 0.1) is 0 Å². The van der Waals surface area contributed by atoms with E-state index in [1.54, 1.807) is 0 Å². The van der Waals surface area contributed by atoms with Gasteiger partial charge in [-0.3, -0.25) is 4.79 Å². The summed E-state index contributed by atoms with van der Waals surface area (Å²) in [5, 5.41) is 4.12. The molecule has 0 spiro atoms. The molecule has 0 radical (unpaired) electrons. The number of amides is 1. The van der Waals surface area contributed by atoms with Crippen molar-refractivity contribution in [3.8, 4) is 0 Å². The van der Waals surface area contributed by atoms with Crippen molar-refractivity contribution in [3.63, 3.8) is 0 Å². The van der Waals surface area contributed by atoms with Gasteiger partial charge in [-0.25, -0.2) is 0 Å². The lowest BCUT2D eigenvalue weighted by molar-refractivity contribution is 0.102. The van der Waals surface area contributed by atoms with Crippen molar-refractivity contribution in [1.29, 1.82) is 0 Å². The molecule has 4 rings (SSSR count). The number of nitrogens with zero attached hydrogens (tertiary/aromatic N) is 2. The van der Waals surface area contributed by atoms with Gasteiger partial charge in [0.2, 0.25) is 0 Å². The van der Waals surface area contributed by atoms with E-state index in [1.165, 1.54) is 11.3 Å². The molecule has 0 saturated carbocycles. The topological polar surface area (TPSA) is 37.3 Å². The van der Waals surface area contributed by atoms with E-state index in [-0.39, 0.29) is 5.91 Å². The quantitative estimate of drug-likeness (QED) is 0.787. The van der Waals surface area contributed by atoms with Gasteiger partial charge in [0.1, 0.15) is 0 Å². The van der Waals surface area contributed by atoms with E-state index < -0.39 is 0 Å². The maximum absolute atomic E-state index is 12.7. The van der Waals surface area contributed by atoms with Crippen molar-refractivity contribution in [3.05, 3.63) is 59.8 Å². The van der Waals surface area contributed by atoms with Gasteiger partial charge >= 0.3 is 0 Å². The molecule has 1 aliphatic rings. The Morgan fingerprint density at radius 3 is 2.87 bits per heavy atom. The first-order valence-electron chi connectivity index (χ1n) is 7.83. The lowest BCUT2D eigenvalue weighted by atomic mass is 10.1. The zero-order chi connectivity index (χ0) is 16.0. The maximum Gasteiger partial charge on any atom is 0.257 e. The average Bonchev–Trinajstić information content (AvgIpc) is 3.11. The molecule has 23 heavy (non-hydrogen) atoms. The number of carbonyl (C=O) groups excluding carboxylic acids is 1. The monoisotopic (exact) mass is 305 g/mol. The summed E-state index contributed by atoms with van der Waals surface area (Å²) in [7, 11) is 4.06. The number of para-hydroxylation sites is 1. The van der Waals surface area contributed by atoms with Crippen LogP contribution in [-0.2, 0) is 13.5 Å². The fourth-order valence-corrected chi connectivity index (χ4v) is 3.38. The van der Waals surface area contributed by atoms with Crippen molar-refractivity contribution >= 4 is 28.2 Å². The minimum absolute atomic E-state index is 0.0660. The number of fused-ring (bicyclic) bond motifs is 2. The second-order valence-corrected chi connectivity index (χ2v) is 6.14. The Kier molecular flexibility index (Phi) is 3.11. The van der Waals surface area contributed by atoms with E-state index in [4.69, 9.17) is 0 Å². The number of likely N-dealkylation sites (N-methyl/N-ethyl adjacent to an activating group) is 1. The largest absolute Gasteiger partial charge is 0.374 e. The summed E-state index contributed by atoms with van der Waals surface area (Å²) in [5.41, 5.74) is 5.07. The molecule has 0 aliphatic carbocycles. The number of hydrogen-bond donors (Lipinski definition) is 1. The average molecular weight is 305 g/mol. The Labute approximate surface area is 135 Å². The van der Waals surface area contributed by atoms with E-state index in [1.807, 2.05) is 48.1 Å². The van der Waals surface area contributed by atoms with Crippen LogP contribution in [0.25, 0.3) is 10.9 Å². The van der Waals surface area contributed by atoms with Crippen molar-refractivity contribution in [2.75, 3.05) is 23.8 Å². The van der Waals surface area contributed by atoms with Crippen LogP contribution in [0.5, 0.6) is 0 Å². The van der Waals surface area contributed by atoms with E-state index in [9.17, 15) is 4.79 Å². The highest BCUT2D eigenvalue weighted by Gasteiger charge is 2.17. The molecule has 116 valence electrons. The van der Waals surface area contributed by atoms with Crippen LogP contribution in [0.2, 0.25) is 0 Å². The van der Waals surface area contributed by atoms with Crippen LogP contribution in [0.3, 0.4) is 0 Å². The number of rotatable bonds is 2. The molecule has 0 unspecified atom stereocenters. The number of aromatic nitrogens is 1. The molecule has 3 aromatic rings. The first-order valence-corrected chi connectivity index (χ1v) is 7.83.